The lowest BCUT2D eigenvalue weighted by Gasteiger charge is -2.15. The van der Waals surface area contributed by atoms with Crippen LogP contribution < -0.4 is 5.32 Å². The summed E-state index contributed by atoms with van der Waals surface area (Å²) in [5.41, 5.74) is 1.01. The van der Waals surface area contributed by atoms with Crippen molar-refractivity contribution < 1.29 is 13.2 Å². The third-order valence-electron chi connectivity index (χ3n) is 4.04. The molecule has 0 saturated carbocycles. The van der Waals surface area contributed by atoms with Crippen LogP contribution in [0.15, 0.2) is 30.3 Å². The number of hydrogen-bond donors (Lipinski definition) is 1. The summed E-state index contributed by atoms with van der Waals surface area (Å²) in [4.78, 5) is 11.8. The number of rotatable bonds is 4. The van der Waals surface area contributed by atoms with E-state index in [0.717, 1.165) is 36.3 Å². The maximum atomic E-state index is 11.8. The van der Waals surface area contributed by atoms with Gasteiger partial charge in [-0.15, -0.1) is 10.2 Å². The number of sulfone groups is 1. The Bertz CT molecular complexity index is 830. The number of benzene rings is 1. The second-order valence-electron chi connectivity index (χ2n) is 6.12. The normalized spacial score (nSPS) is 17.8. The molecule has 0 aliphatic carbocycles. The Balaban J connectivity index is 1.70. The summed E-state index contributed by atoms with van der Waals surface area (Å²) in [6, 6.07) is 9.81. The number of amides is 1. The number of hydrogen-bond acceptors (Lipinski definition) is 5. The maximum Gasteiger partial charge on any atom is 0.235 e. The monoisotopic (exact) mass is 348 g/mol. The fourth-order valence-electron chi connectivity index (χ4n) is 2.94. The Hall–Kier alpha value is -2.22. The summed E-state index contributed by atoms with van der Waals surface area (Å²) in [6.45, 7) is 0.691. The van der Waals surface area contributed by atoms with E-state index in [1.54, 1.807) is 0 Å². The Labute approximate surface area is 141 Å². The number of carbonyl (C=O) groups excluding carboxylic acids is 1. The average Bonchev–Trinajstić information content (AvgIpc) is 2.82. The lowest BCUT2D eigenvalue weighted by Crippen LogP contribution is -2.38. The fourth-order valence-corrected chi connectivity index (χ4v) is 3.50. The molecule has 1 amide bonds. The molecule has 1 aliphatic heterocycles. The highest BCUT2D eigenvalue weighted by atomic mass is 32.2. The smallest absolute Gasteiger partial charge is 0.235 e. The first-order valence-electron chi connectivity index (χ1n) is 7.87. The number of nitrogens with one attached hydrogen (secondary N) is 1. The molecule has 128 valence electrons. The molecule has 7 nitrogen and oxygen atoms in total. The van der Waals surface area contributed by atoms with Crippen molar-refractivity contribution in [2.24, 2.45) is 0 Å². The summed E-state index contributed by atoms with van der Waals surface area (Å²) >= 11 is 0. The molecule has 0 saturated heterocycles. The van der Waals surface area contributed by atoms with Gasteiger partial charge in [-0.25, -0.2) is 8.42 Å². The van der Waals surface area contributed by atoms with E-state index in [2.05, 4.69) is 20.1 Å². The van der Waals surface area contributed by atoms with Gasteiger partial charge < -0.3 is 9.88 Å². The van der Waals surface area contributed by atoms with Gasteiger partial charge in [0.25, 0.3) is 0 Å². The highest BCUT2D eigenvalue weighted by molar-refractivity contribution is 7.91. The van der Waals surface area contributed by atoms with E-state index >= 15 is 0 Å². The molecule has 0 fully saturated rings. The molecule has 1 aromatic heterocycles. The van der Waals surface area contributed by atoms with Crippen molar-refractivity contribution in [1.29, 1.82) is 0 Å². The Morgan fingerprint density at radius 1 is 1.25 bits per heavy atom. The van der Waals surface area contributed by atoms with Crippen LogP contribution in [0.3, 0.4) is 0 Å². The highest BCUT2D eigenvalue weighted by Gasteiger charge is 2.22. The number of aryl methyl sites for hydroxylation is 1. The van der Waals surface area contributed by atoms with Crippen LogP contribution in [0.25, 0.3) is 11.4 Å². The SMILES string of the molecule is CS(=O)(=O)CC(=O)NC1CCc2nnc(-c3ccccc3)n2CC1. The molecular formula is C16H20N4O3S. The lowest BCUT2D eigenvalue weighted by atomic mass is 10.1. The van der Waals surface area contributed by atoms with Gasteiger partial charge in [0.2, 0.25) is 5.91 Å². The van der Waals surface area contributed by atoms with Gasteiger partial charge in [0.1, 0.15) is 11.6 Å². The second kappa shape index (κ2) is 6.72. The van der Waals surface area contributed by atoms with E-state index in [4.69, 9.17) is 0 Å². The zero-order chi connectivity index (χ0) is 17.2. The van der Waals surface area contributed by atoms with Gasteiger partial charge in [0.05, 0.1) is 0 Å². The van der Waals surface area contributed by atoms with Crippen LogP contribution in [0.4, 0.5) is 0 Å². The number of carbonyl (C=O) groups is 1. The number of nitrogens with zero attached hydrogens (tertiary/aromatic N) is 3. The first kappa shape index (κ1) is 16.6. The van der Waals surface area contributed by atoms with Crippen molar-refractivity contribution in [2.45, 2.75) is 31.8 Å². The van der Waals surface area contributed by atoms with Crippen molar-refractivity contribution in [3.8, 4) is 11.4 Å². The summed E-state index contributed by atoms with van der Waals surface area (Å²) in [6.07, 6.45) is 3.21. The van der Waals surface area contributed by atoms with Gasteiger partial charge >= 0.3 is 0 Å². The Morgan fingerprint density at radius 2 is 2.00 bits per heavy atom. The summed E-state index contributed by atoms with van der Waals surface area (Å²) in [7, 11) is -3.31. The van der Waals surface area contributed by atoms with Gasteiger partial charge in [-0.2, -0.15) is 0 Å². The third-order valence-corrected chi connectivity index (χ3v) is 4.82. The molecule has 24 heavy (non-hydrogen) atoms. The number of fused-ring (bicyclic) bond motifs is 1. The predicted molar refractivity (Wildman–Crippen MR) is 90.0 cm³/mol. The zero-order valence-corrected chi connectivity index (χ0v) is 14.3. The molecule has 0 bridgehead atoms. The quantitative estimate of drug-likeness (QED) is 0.882. The molecule has 2 aromatic rings. The van der Waals surface area contributed by atoms with Crippen molar-refractivity contribution in [1.82, 2.24) is 20.1 Å². The van der Waals surface area contributed by atoms with Gasteiger partial charge in [0, 0.05) is 30.8 Å². The van der Waals surface area contributed by atoms with E-state index in [1.807, 2.05) is 30.3 Å². The second-order valence-corrected chi connectivity index (χ2v) is 8.26. The standard InChI is InChI=1S/C16H20N4O3S/c1-24(22,23)11-15(21)17-13-7-8-14-18-19-16(20(14)10-9-13)12-5-3-2-4-6-12/h2-6,13H,7-11H2,1H3,(H,17,21). The molecule has 2 heterocycles. The molecular weight excluding hydrogens is 328 g/mol. The zero-order valence-electron chi connectivity index (χ0n) is 13.5. The van der Waals surface area contributed by atoms with E-state index < -0.39 is 21.5 Å². The minimum Gasteiger partial charge on any atom is -0.352 e. The summed E-state index contributed by atoms with van der Waals surface area (Å²) in [5.74, 6) is 0.816. The van der Waals surface area contributed by atoms with E-state index in [1.165, 1.54) is 0 Å². The molecule has 1 unspecified atom stereocenters. The van der Waals surface area contributed by atoms with Crippen LogP contribution in [-0.2, 0) is 27.6 Å². The molecule has 1 aromatic carbocycles. The molecule has 1 N–H and O–H groups in total. The van der Waals surface area contributed by atoms with E-state index in [9.17, 15) is 13.2 Å². The molecule has 0 radical (unpaired) electrons. The van der Waals surface area contributed by atoms with Crippen LogP contribution in [-0.4, -0.2) is 47.1 Å². The molecule has 8 heteroatoms. The summed E-state index contributed by atoms with van der Waals surface area (Å²) in [5, 5.41) is 11.4. The summed E-state index contributed by atoms with van der Waals surface area (Å²) < 4.78 is 24.5. The minimum absolute atomic E-state index is 0.0513. The molecule has 3 rings (SSSR count). The Kier molecular flexibility index (Phi) is 4.66. The average molecular weight is 348 g/mol. The fraction of sp³-hybridized carbons (Fsp3) is 0.438. The van der Waals surface area contributed by atoms with Gasteiger partial charge in [0.15, 0.2) is 15.7 Å². The van der Waals surface area contributed by atoms with Gasteiger partial charge in [-0.1, -0.05) is 30.3 Å². The van der Waals surface area contributed by atoms with Crippen LogP contribution in [0, 0.1) is 0 Å². The molecule has 1 aliphatic rings. The van der Waals surface area contributed by atoms with Crippen LogP contribution in [0.5, 0.6) is 0 Å². The molecule has 0 spiro atoms. The van der Waals surface area contributed by atoms with Crippen LogP contribution in [0.2, 0.25) is 0 Å². The molecule has 1 atom stereocenters. The van der Waals surface area contributed by atoms with Gasteiger partial charge in [-0.05, 0) is 12.8 Å². The Morgan fingerprint density at radius 3 is 2.71 bits per heavy atom. The minimum atomic E-state index is -3.31. The lowest BCUT2D eigenvalue weighted by molar-refractivity contribution is -0.119. The van der Waals surface area contributed by atoms with Crippen molar-refractivity contribution in [3.05, 3.63) is 36.2 Å². The highest BCUT2D eigenvalue weighted by Crippen LogP contribution is 2.22. The van der Waals surface area contributed by atoms with Crippen molar-refractivity contribution in [3.63, 3.8) is 0 Å². The predicted octanol–water partition coefficient (Wildman–Crippen LogP) is 0.811. The topological polar surface area (TPSA) is 93.9 Å². The van der Waals surface area contributed by atoms with E-state index in [0.29, 0.717) is 13.0 Å². The maximum absolute atomic E-state index is 11.8. The van der Waals surface area contributed by atoms with Crippen molar-refractivity contribution in [2.75, 3.05) is 12.0 Å². The largest absolute Gasteiger partial charge is 0.352 e. The number of aromatic nitrogens is 3. The van der Waals surface area contributed by atoms with E-state index in [-0.39, 0.29) is 6.04 Å². The van der Waals surface area contributed by atoms with Crippen molar-refractivity contribution >= 4 is 15.7 Å². The van der Waals surface area contributed by atoms with Crippen LogP contribution in [0.1, 0.15) is 18.7 Å². The first-order chi connectivity index (χ1) is 11.4. The van der Waals surface area contributed by atoms with Crippen LogP contribution >= 0.6 is 0 Å². The first-order valence-corrected chi connectivity index (χ1v) is 9.93. The third kappa shape index (κ3) is 4.00. The van der Waals surface area contributed by atoms with Gasteiger partial charge in [-0.3, -0.25) is 4.79 Å².